The van der Waals surface area contributed by atoms with Crippen molar-refractivity contribution in [1.29, 1.82) is 0 Å². The van der Waals surface area contributed by atoms with Crippen LogP contribution in [0.15, 0.2) is 144 Å². The van der Waals surface area contributed by atoms with Crippen LogP contribution in [0.2, 0.25) is 0 Å². The highest BCUT2D eigenvalue weighted by Crippen LogP contribution is 2.42. The zero-order valence-electron chi connectivity index (χ0n) is 25.1. The molecule has 9 aromatic rings. The van der Waals surface area contributed by atoms with Crippen molar-refractivity contribution < 1.29 is 22.0 Å². The Morgan fingerprint density at radius 2 is 0.917 bits per heavy atom. The van der Waals surface area contributed by atoms with Crippen molar-refractivity contribution in [3.63, 3.8) is 0 Å². The van der Waals surface area contributed by atoms with Crippen LogP contribution in [-0.4, -0.2) is 4.57 Å². The van der Waals surface area contributed by atoms with Crippen molar-refractivity contribution >= 4 is 43.7 Å². The summed E-state index contributed by atoms with van der Waals surface area (Å²) < 4.78 is 65.7. The number of rotatable bonds is 4. The minimum Gasteiger partial charge on any atom is -0.455 e. The first-order chi connectivity index (χ1) is 23.4. The van der Waals surface area contributed by atoms with Gasteiger partial charge in [-0.25, -0.2) is 17.6 Å². The van der Waals surface area contributed by atoms with Crippen molar-refractivity contribution in [3.05, 3.63) is 163 Å². The smallest absolute Gasteiger partial charge is 0.143 e. The van der Waals surface area contributed by atoms with E-state index in [1.165, 1.54) is 24.3 Å². The summed E-state index contributed by atoms with van der Waals surface area (Å²) >= 11 is 0. The zero-order valence-corrected chi connectivity index (χ0v) is 25.1. The SMILES string of the molecule is Fc1cc(F)cc(-c2ccc3c(c2)c2cc(-c4cc(F)cc(F)c4)ccc2n3-c2ccccc2-c2cccc3c2oc2ccccc23)c1. The summed E-state index contributed by atoms with van der Waals surface area (Å²) in [7, 11) is 0. The van der Waals surface area contributed by atoms with Gasteiger partial charge >= 0.3 is 0 Å². The molecule has 0 aliphatic rings. The van der Waals surface area contributed by atoms with Gasteiger partial charge in [0.25, 0.3) is 0 Å². The van der Waals surface area contributed by atoms with E-state index in [1.807, 2.05) is 91.0 Å². The zero-order chi connectivity index (χ0) is 32.5. The second kappa shape index (κ2) is 10.7. The number of para-hydroxylation sites is 3. The van der Waals surface area contributed by atoms with Gasteiger partial charge in [0.1, 0.15) is 34.4 Å². The van der Waals surface area contributed by atoms with E-state index in [9.17, 15) is 17.6 Å². The molecular formula is C42H23F4NO. The first kappa shape index (κ1) is 28.1. The number of furan rings is 1. The Morgan fingerprint density at radius 1 is 0.396 bits per heavy atom. The molecule has 9 rings (SSSR count). The highest BCUT2D eigenvalue weighted by Gasteiger charge is 2.20. The lowest BCUT2D eigenvalue weighted by Crippen LogP contribution is -1.97. The van der Waals surface area contributed by atoms with Gasteiger partial charge in [-0.15, -0.1) is 0 Å². The van der Waals surface area contributed by atoms with Crippen LogP contribution < -0.4 is 0 Å². The number of halogens is 4. The standard InChI is InChI=1S/C42H23F4NO/c43-28-16-26(17-29(44)22-28)24-12-14-39-36(20-24)37-21-25(27-18-30(45)23-31(46)19-27)13-15-40(37)47(39)38-10-3-1-6-32(38)34-8-5-9-35-33-7-2-4-11-41(33)48-42(34)35/h1-23H. The Kier molecular flexibility index (Phi) is 6.27. The Labute approximate surface area is 271 Å². The highest BCUT2D eigenvalue weighted by atomic mass is 19.1. The summed E-state index contributed by atoms with van der Waals surface area (Å²) in [6.45, 7) is 0. The molecule has 2 heterocycles. The lowest BCUT2D eigenvalue weighted by atomic mass is 10.00. The molecule has 0 unspecified atom stereocenters. The molecule has 0 saturated carbocycles. The molecule has 0 radical (unpaired) electrons. The third kappa shape index (κ3) is 4.48. The quantitative estimate of drug-likeness (QED) is 0.176. The van der Waals surface area contributed by atoms with Crippen LogP contribution in [-0.2, 0) is 0 Å². The maximum Gasteiger partial charge on any atom is 0.143 e. The summed E-state index contributed by atoms with van der Waals surface area (Å²) in [5.74, 6) is -2.68. The van der Waals surface area contributed by atoms with Crippen LogP contribution in [0.3, 0.4) is 0 Å². The summed E-state index contributed by atoms with van der Waals surface area (Å²) in [6, 6.07) is 40.4. The van der Waals surface area contributed by atoms with Crippen LogP contribution in [0.1, 0.15) is 0 Å². The summed E-state index contributed by atoms with van der Waals surface area (Å²) in [6.07, 6.45) is 0. The van der Waals surface area contributed by atoms with E-state index < -0.39 is 23.3 Å². The average Bonchev–Trinajstić information content (AvgIpc) is 3.62. The normalized spacial score (nSPS) is 11.8. The van der Waals surface area contributed by atoms with Crippen molar-refractivity contribution in [2.24, 2.45) is 0 Å². The molecule has 2 aromatic heterocycles. The number of nitrogens with zero attached hydrogens (tertiary/aromatic N) is 1. The maximum atomic E-state index is 14.3. The van der Waals surface area contributed by atoms with Gasteiger partial charge in [-0.2, -0.15) is 0 Å². The Bertz CT molecular complexity index is 2590. The fourth-order valence-corrected chi connectivity index (χ4v) is 6.94. The van der Waals surface area contributed by atoms with E-state index >= 15 is 0 Å². The molecule has 0 amide bonds. The topological polar surface area (TPSA) is 18.1 Å². The van der Waals surface area contributed by atoms with Gasteiger partial charge in [0.05, 0.1) is 16.7 Å². The lowest BCUT2D eigenvalue weighted by Gasteiger charge is -2.14. The summed E-state index contributed by atoms with van der Waals surface area (Å²) in [5, 5.41) is 3.66. The Morgan fingerprint density at radius 3 is 1.54 bits per heavy atom. The molecule has 0 aliphatic heterocycles. The molecule has 0 aliphatic carbocycles. The molecule has 6 heteroatoms. The van der Waals surface area contributed by atoms with Gasteiger partial charge in [-0.05, 0) is 82.9 Å². The Balaban J connectivity index is 1.34. The molecule has 0 spiro atoms. The van der Waals surface area contributed by atoms with Gasteiger partial charge < -0.3 is 8.98 Å². The van der Waals surface area contributed by atoms with Crippen LogP contribution in [0.5, 0.6) is 0 Å². The van der Waals surface area contributed by atoms with Gasteiger partial charge in [0.2, 0.25) is 0 Å². The van der Waals surface area contributed by atoms with E-state index in [1.54, 1.807) is 0 Å². The van der Waals surface area contributed by atoms with Gasteiger partial charge in [0, 0.05) is 44.8 Å². The van der Waals surface area contributed by atoms with Crippen LogP contribution in [0, 0.1) is 23.3 Å². The van der Waals surface area contributed by atoms with E-state index in [0.717, 1.165) is 72.7 Å². The second-order valence-electron chi connectivity index (χ2n) is 11.9. The first-order valence-electron chi connectivity index (χ1n) is 15.4. The maximum absolute atomic E-state index is 14.3. The fraction of sp³-hybridized carbons (Fsp3) is 0. The number of hydrogen-bond donors (Lipinski definition) is 0. The third-order valence-corrected chi connectivity index (χ3v) is 9.00. The molecule has 0 N–H and O–H groups in total. The minimum absolute atomic E-state index is 0.399. The summed E-state index contributed by atoms with van der Waals surface area (Å²) in [5.41, 5.74) is 8.07. The monoisotopic (exact) mass is 633 g/mol. The molecule has 230 valence electrons. The van der Waals surface area contributed by atoms with Crippen molar-refractivity contribution in [1.82, 2.24) is 4.57 Å². The van der Waals surface area contributed by atoms with Crippen LogP contribution in [0.25, 0.3) is 82.8 Å². The molecule has 2 nitrogen and oxygen atoms in total. The molecular weight excluding hydrogens is 610 g/mol. The van der Waals surface area contributed by atoms with Gasteiger partial charge in [-0.1, -0.05) is 66.7 Å². The van der Waals surface area contributed by atoms with Crippen LogP contribution in [0.4, 0.5) is 17.6 Å². The number of aromatic nitrogens is 1. The van der Waals surface area contributed by atoms with E-state index in [2.05, 4.69) is 16.7 Å². The number of benzene rings is 7. The largest absolute Gasteiger partial charge is 0.455 e. The highest BCUT2D eigenvalue weighted by molar-refractivity contribution is 6.13. The lowest BCUT2D eigenvalue weighted by molar-refractivity contribution is 0.583. The third-order valence-electron chi connectivity index (χ3n) is 9.00. The molecule has 0 saturated heterocycles. The van der Waals surface area contributed by atoms with E-state index in [4.69, 9.17) is 4.42 Å². The van der Waals surface area contributed by atoms with E-state index in [-0.39, 0.29) is 0 Å². The molecule has 0 atom stereocenters. The van der Waals surface area contributed by atoms with Crippen molar-refractivity contribution in [2.75, 3.05) is 0 Å². The molecule has 0 fully saturated rings. The minimum atomic E-state index is -0.670. The molecule has 7 aromatic carbocycles. The predicted molar refractivity (Wildman–Crippen MR) is 184 cm³/mol. The predicted octanol–water partition coefficient (Wildman–Crippen LogP) is 12.2. The first-order valence-corrected chi connectivity index (χ1v) is 15.4. The van der Waals surface area contributed by atoms with Crippen molar-refractivity contribution in [2.45, 2.75) is 0 Å². The Hall–Kier alpha value is -6.14. The molecule has 0 bridgehead atoms. The number of fused-ring (bicyclic) bond motifs is 6. The molecule has 48 heavy (non-hydrogen) atoms. The average molecular weight is 634 g/mol. The second-order valence-corrected chi connectivity index (χ2v) is 11.9. The fourth-order valence-electron chi connectivity index (χ4n) is 6.94. The summed E-state index contributed by atoms with van der Waals surface area (Å²) in [4.78, 5) is 0. The van der Waals surface area contributed by atoms with Crippen LogP contribution >= 0.6 is 0 Å². The van der Waals surface area contributed by atoms with Crippen molar-refractivity contribution in [3.8, 4) is 39.1 Å². The van der Waals surface area contributed by atoms with Gasteiger partial charge in [0.15, 0.2) is 0 Å². The van der Waals surface area contributed by atoms with E-state index in [0.29, 0.717) is 22.3 Å². The number of hydrogen-bond acceptors (Lipinski definition) is 1. The van der Waals surface area contributed by atoms with Gasteiger partial charge in [-0.3, -0.25) is 0 Å².